The van der Waals surface area contributed by atoms with Crippen LogP contribution in [0.4, 0.5) is 0 Å². The predicted molar refractivity (Wildman–Crippen MR) is 108 cm³/mol. The van der Waals surface area contributed by atoms with Crippen LogP contribution in [0.2, 0.25) is 0 Å². The van der Waals surface area contributed by atoms with Crippen molar-refractivity contribution in [1.29, 1.82) is 0 Å². The topological polar surface area (TPSA) is 29.4 Å². The van der Waals surface area contributed by atoms with Crippen LogP contribution in [0, 0.1) is 0 Å². The van der Waals surface area contributed by atoms with E-state index < -0.39 is 0 Å². The Balaban J connectivity index is 0. The summed E-state index contributed by atoms with van der Waals surface area (Å²) >= 11 is 0. The number of hydrogen-bond acceptors (Lipinski definition) is 2. The average molecular weight is 338 g/mol. The van der Waals surface area contributed by atoms with Crippen molar-refractivity contribution in [3.05, 3.63) is 12.7 Å². The summed E-state index contributed by atoms with van der Waals surface area (Å²) in [6.45, 7) is 9.75. The molecule has 0 heterocycles. The smallest absolute Gasteiger partial charge is 0.211 e. The van der Waals surface area contributed by atoms with E-state index in [1.807, 2.05) is 6.92 Å². The minimum absolute atomic E-state index is 0.240. The summed E-state index contributed by atoms with van der Waals surface area (Å²) in [7, 11) is 0. The maximum Gasteiger partial charge on any atom is 0.235 e. The molecular weight excluding hydrogens is 294 g/mol. The Hall–Kier alpha value is -0.880. The monoisotopic (exact) mass is 337 g/mol. The molecule has 0 spiro atoms. The van der Waals surface area contributed by atoms with Crippen LogP contribution in [-0.2, 0) is 4.79 Å². The molecule has 2 heteroatoms. The third-order valence-corrected chi connectivity index (χ3v) is 4.27. The lowest BCUT2D eigenvalue weighted by Gasteiger charge is -2.10. The molecule has 0 aliphatic carbocycles. The molecule has 0 aromatic heterocycles. The Labute approximate surface area is 152 Å². The maximum absolute atomic E-state index is 10.5. The second kappa shape index (κ2) is 24.4. The van der Waals surface area contributed by atoms with Gasteiger partial charge in [0.2, 0.25) is 6.08 Å². The minimum Gasteiger partial charge on any atom is -0.211 e. The molecule has 24 heavy (non-hydrogen) atoms. The molecule has 0 aliphatic heterocycles. The zero-order valence-electron chi connectivity index (χ0n) is 16.8. The van der Waals surface area contributed by atoms with Gasteiger partial charge in [-0.15, -0.1) is 6.58 Å². The molecule has 0 aromatic rings. The van der Waals surface area contributed by atoms with E-state index in [0.717, 1.165) is 12.8 Å². The van der Waals surface area contributed by atoms with E-state index in [4.69, 9.17) is 0 Å². The summed E-state index contributed by atoms with van der Waals surface area (Å²) in [6.07, 6.45) is 22.9. The van der Waals surface area contributed by atoms with Gasteiger partial charge in [0, 0.05) is 0 Å². The van der Waals surface area contributed by atoms with Crippen molar-refractivity contribution in [2.45, 2.75) is 123 Å². The van der Waals surface area contributed by atoms with E-state index in [9.17, 15) is 4.79 Å². The molecule has 0 saturated carbocycles. The van der Waals surface area contributed by atoms with E-state index in [2.05, 4.69) is 25.4 Å². The Bertz CT molecular complexity index is 282. The maximum atomic E-state index is 10.5. The van der Waals surface area contributed by atoms with E-state index in [1.54, 1.807) is 12.2 Å². The first-order valence-corrected chi connectivity index (χ1v) is 10.4. The molecular formula is C22H43NO. The van der Waals surface area contributed by atoms with Gasteiger partial charge in [-0.2, -0.15) is 0 Å². The fraction of sp³-hybridized carbons (Fsp3) is 0.864. The van der Waals surface area contributed by atoms with Gasteiger partial charge in [0.15, 0.2) is 0 Å². The molecule has 0 radical (unpaired) electrons. The molecule has 1 unspecified atom stereocenters. The van der Waals surface area contributed by atoms with Gasteiger partial charge < -0.3 is 0 Å². The molecule has 0 amide bonds. The Morgan fingerprint density at radius 3 is 1.46 bits per heavy atom. The lowest BCUT2D eigenvalue weighted by Crippen LogP contribution is -2.04. The standard InChI is InChI=1S/C19H37NO.C3H6/c1-3-5-7-9-10-11-13-15-17-19(20-18-21)16-14-12-8-6-4-2;1-3-2/h19H,3-17H2,1-2H3;3H,1H2,2H3. The highest BCUT2D eigenvalue weighted by atomic mass is 16.1. The van der Waals surface area contributed by atoms with Crippen molar-refractivity contribution in [2.24, 2.45) is 4.99 Å². The zero-order valence-corrected chi connectivity index (χ0v) is 16.8. The molecule has 0 fully saturated rings. The number of carbonyl (C=O) groups excluding carboxylic acids is 1. The van der Waals surface area contributed by atoms with Gasteiger partial charge in [-0.3, -0.25) is 0 Å². The quantitative estimate of drug-likeness (QED) is 0.122. The largest absolute Gasteiger partial charge is 0.235 e. The summed E-state index contributed by atoms with van der Waals surface area (Å²) in [6, 6.07) is 0.240. The minimum atomic E-state index is 0.240. The van der Waals surface area contributed by atoms with Crippen molar-refractivity contribution in [3.8, 4) is 0 Å². The zero-order chi connectivity index (χ0) is 18.3. The molecule has 0 saturated heterocycles. The summed E-state index contributed by atoms with van der Waals surface area (Å²) in [5.74, 6) is 0. The van der Waals surface area contributed by atoms with E-state index in [0.29, 0.717) is 0 Å². The highest BCUT2D eigenvalue weighted by Crippen LogP contribution is 2.16. The molecule has 0 bridgehead atoms. The van der Waals surface area contributed by atoms with Crippen LogP contribution in [0.25, 0.3) is 0 Å². The van der Waals surface area contributed by atoms with Crippen molar-refractivity contribution in [1.82, 2.24) is 0 Å². The van der Waals surface area contributed by atoms with Crippen LogP contribution in [0.15, 0.2) is 17.6 Å². The highest BCUT2D eigenvalue weighted by Gasteiger charge is 2.06. The van der Waals surface area contributed by atoms with Gasteiger partial charge in [-0.1, -0.05) is 103 Å². The Kier molecular flexibility index (Phi) is 25.8. The first kappa shape index (κ1) is 25.4. The van der Waals surface area contributed by atoms with Gasteiger partial charge in [0.25, 0.3) is 0 Å². The summed E-state index contributed by atoms with van der Waals surface area (Å²) in [5.41, 5.74) is 0. The van der Waals surface area contributed by atoms with E-state index in [1.165, 1.54) is 83.5 Å². The van der Waals surface area contributed by atoms with Gasteiger partial charge in [-0.25, -0.2) is 9.79 Å². The van der Waals surface area contributed by atoms with Crippen LogP contribution in [0.3, 0.4) is 0 Å². The fourth-order valence-corrected chi connectivity index (χ4v) is 2.85. The lowest BCUT2D eigenvalue weighted by atomic mass is 10.0. The molecule has 2 nitrogen and oxygen atoms in total. The number of aliphatic imine (C=N–C) groups is 1. The van der Waals surface area contributed by atoms with E-state index in [-0.39, 0.29) is 6.04 Å². The van der Waals surface area contributed by atoms with E-state index >= 15 is 0 Å². The second-order valence-electron chi connectivity index (χ2n) is 6.75. The molecule has 0 aromatic carbocycles. The number of isocyanates is 1. The average Bonchev–Trinajstić information content (AvgIpc) is 2.57. The number of nitrogens with zero attached hydrogens (tertiary/aromatic N) is 1. The number of hydrogen-bond donors (Lipinski definition) is 0. The van der Waals surface area contributed by atoms with Gasteiger partial charge in [0.05, 0.1) is 6.04 Å². The number of unbranched alkanes of at least 4 members (excludes halogenated alkanes) is 11. The third-order valence-electron chi connectivity index (χ3n) is 4.27. The Morgan fingerprint density at radius 2 is 1.12 bits per heavy atom. The molecule has 1 atom stereocenters. The Morgan fingerprint density at radius 1 is 0.792 bits per heavy atom. The number of allylic oxidation sites excluding steroid dienone is 1. The fourth-order valence-electron chi connectivity index (χ4n) is 2.85. The normalized spacial score (nSPS) is 11.1. The molecule has 0 aliphatic rings. The molecule has 142 valence electrons. The molecule has 0 rings (SSSR count). The second-order valence-corrected chi connectivity index (χ2v) is 6.75. The van der Waals surface area contributed by atoms with Crippen LogP contribution >= 0.6 is 0 Å². The lowest BCUT2D eigenvalue weighted by molar-refractivity contribution is 0.479. The van der Waals surface area contributed by atoms with Gasteiger partial charge in [-0.05, 0) is 19.8 Å². The number of rotatable bonds is 16. The SMILES string of the molecule is C=CC.CCCCCCCCCCC(CCCCCCC)N=C=O. The summed E-state index contributed by atoms with van der Waals surface area (Å²) in [4.78, 5) is 14.5. The third kappa shape index (κ3) is 23.4. The van der Waals surface area contributed by atoms with Crippen molar-refractivity contribution < 1.29 is 4.79 Å². The van der Waals surface area contributed by atoms with Crippen LogP contribution in [-0.4, -0.2) is 12.1 Å². The van der Waals surface area contributed by atoms with Gasteiger partial charge in [0.1, 0.15) is 0 Å². The van der Waals surface area contributed by atoms with Gasteiger partial charge >= 0.3 is 0 Å². The van der Waals surface area contributed by atoms with Crippen molar-refractivity contribution in [2.75, 3.05) is 0 Å². The predicted octanol–water partition coefficient (Wildman–Crippen LogP) is 7.77. The van der Waals surface area contributed by atoms with Crippen molar-refractivity contribution >= 4 is 6.08 Å². The first-order chi connectivity index (χ1) is 11.8. The van der Waals surface area contributed by atoms with Crippen LogP contribution < -0.4 is 0 Å². The highest BCUT2D eigenvalue weighted by molar-refractivity contribution is 5.33. The first-order valence-electron chi connectivity index (χ1n) is 10.4. The summed E-state index contributed by atoms with van der Waals surface area (Å²) < 4.78 is 0. The van der Waals surface area contributed by atoms with Crippen LogP contribution in [0.1, 0.15) is 117 Å². The van der Waals surface area contributed by atoms with Crippen molar-refractivity contribution in [3.63, 3.8) is 0 Å². The summed E-state index contributed by atoms with van der Waals surface area (Å²) in [5, 5.41) is 0. The molecule has 0 N–H and O–H groups in total. The van der Waals surface area contributed by atoms with Crippen LogP contribution in [0.5, 0.6) is 0 Å².